The molecule has 3 aromatic carbocycles. The van der Waals surface area contributed by atoms with Gasteiger partial charge in [0, 0.05) is 17.8 Å². The van der Waals surface area contributed by atoms with Gasteiger partial charge in [-0.2, -0.15) is 0 Å². The zero-order chi connectivity index (χ0) is 21.3. The summed E-state index contributed by atoms with van der Waals surface area (Å²) < 4.78 is 11.0. The highest BCUT2D eigenvalue weighted by molar-refractivity contribution is 7.80. The molecule has 0 aliphatic carbocycles. The number of non-ortho nitro benzene ring substituents is 1. The van der Waals surface area contributed by atoms with E-state index in [-0.39, 0.29) is 17.4 Å². The minimum atomic E-state index is -0.513. The van der Waals surface area contributed by atoms with Crippen molar-refractivity contribution in [2.45, 2.75) is 0 Å². The van der Waals surface area contributed by atoms with Crippen LogP contribution < -0.4 is 20.1 Å². The van der Waals surface area contributed by atoms with Crippen molar-refractivity contribution < 1.29 is 19.2 Å². The number of anilines is 1. The number of carbonyl (C=O) groups is 1. The van der Waals surface area contributed by atoms with Gasteiger partial charge in [-0.05, 0) is 60.7 Å². The van der Waals surface area contributed by atoms with E-state index in [0.717, 1.165) is 5.75 Å². The number of para-hydroxylation sites is 1. The highest BCUT2D eigenvalue weighted by atomic mass is 32.1. The van der Waals surface area contributed by atoms with Crippen LogP contribution in [-0.2, 0) is 4.79 Å². The van der Waals surface area contributed by atoms with Gasteiger partial charge in [-0.25, -0.2) is 0 Å². The number of nitro benzene ring substituents is 1. The van der Waals surface area contributed by atoms with Crippen LogP contribution in [0, 0.1) is 10.1 Å². The predicted octanol–water partition coefficient (Wildman–Crippen LogP) is 4.28. The Bertz CT molecular complexity index is 1020. The second-order valence-corrected chi connectivity index (χ2v) is 6.39. The van der Waals surface area contributed by atoms with Crippen LogP contribution in [-0.4, -0.2) is 22.5 Å². The molecule has 0 saturated carbocycles. The first-order valence-corrected chi connectivity index (χ1v) is 9.21. The lowest BCUT2D eigenvalue weighted by Crippen LogP contribution is -2.37. The summed E-state index contributed by atoms with van der Waals surface area (Å²) in [7, 11) is 0. The van der Waals surface area contributed by atoms with Gasteiger partial charge < -0.3 is 14.8 Å². The van der Waals surface area contributed by atoms with Crippen LogP contribution in [0.3, 0.4) is 0 Å². The van der Waals surface area contributed by atoms with Crippen LogP contribution in [0.15, 0.2) is 78.9 Å². The Labute approximate surface area is 177 Å². The highest BCUT2D eigenvalue weighted by Gasteiger charge is 2.08. The fraction of sp³-hybridized carbons (Fsp3) is 0.0476. The summed E-state index contributed by atoms with van der Waals surface area (Å²) in [5.74, 6) is 1.27. The first-order valence-electron chi connectivity index (χ1n) is 8.81. The topological polar surface area (TPSA) is 103 Å². The van der Waals surface area contributed by atoms with Gasteiger partial charge in [0.15, 0.2) is 11.7 Å². The van der Waals surface area contributed by atoms with Gasteiger partial charge in [0.1, 0.15) is 17.2 Å². The molecule has 3 rings (SSSR count). The van der Waals surface area contributed by atoms with Crippen LogP contribution in [0.2, 0.25) is 0 Å². The van der Waals surface area contributed by atoms with Gasteiger partial charge in [-0.15, -0.1) is 0 Å². The smallest absolute Gasteiger partial charge is 0.269 e. The van der Waals surface area contributed by atoms with E-state index in [4.69, 9.17) is 21.7 Å². The molecule has 0 saturated heterocycles. The molecule has 0 fully saturated rings. The monoisotopic (exact) mass is 423 g/mol. The zero-order valence-corrected chi connectivity index (χ0v) is 16.4. The number of amides is 1. The number of ether oxygens (including phenoxy) is 2. The Morgan fingerprint density at radius 1 is 0.900 bits per heavy atom. The van der Waals surface area contributed by atoms with Crippen LogP contribution in [0.4, 0.5) is 11.4 Å². The molecule has 8 nitrogen and oxygen atoms in total. The van der Waals surface area contributed by atoms with Gasteiger partial charge in [-0.3, -0.25) is 20.2 Å². The maximum absolute atomic E-state index is 12.0. The van der Waals surface area contributed by atoms with E-state index in [1.54, 1.807) is 24.3 Å². The third-order valence-corrected chi connectivity index (χ3v) is 3.97. The van der Waals surface area contributed by atoms with E-state index in [1.807, 2.05) is 30.3 Å². The van der Waals surface area contributed by atoms with E-state index in [0.29, 0.717) is 17.2 Å². The number of nitrogens with zero attached hydrogens (tertiary/aromatic N) is 1. The molecule has 0 radical (unpaired) electrons. The SMILES string of the molecule is O=C(COc1ccc([N+](=O)[O-])cc1)NC(=S)Nc1ccc(Oc2ccccc2)cc1. The molecule has 0 bridgehead atoms. The average molecular weight is 423 g/mol. The van der Waals surface area contributed by atoms with Crippen molar-refractivity contribution in [2.24, 2.45) is 0 Å². The first kappa shape index (κ1) is 20.7. The summed E-state index contributed by atoms with van der Waals surface area (Å²) in [6.07, 6.45) is 0. The number of nitrogens with one attached hydrogen (secondary N) is 2. The van der Waals surface area contributed by atoms with Crippen molar-refractivity contribution in [2.75, 3.05) is 11.9 Å². The van der Waals surface area contributed by atoms with Crippen LogP contribution in [0.5, 0.6) is 17.2 Å². The minimum Gasteiger partial charge on any atom is -0.484 e. The lowest BCUT2D eigenvalue weighted by Gasteiger charge is -2.11. The fourth-order valence-corrected chi connectivity index (χ4v) is 2.60. The van der Waals surface area contributed by atoms with E-state index >= 15 is 0 Å². The summed E-state index contributed by atoms with van der Waals surface area (Å²) in [5.41, 5.74) is 0.620. The Morgan fingerprint density at radius 3 is 2.13 bits per heavy atom. The molecule has 0 aliphatic heterocycles. The lowest BCUT2D eigenvalue weighted by atomic mass is 10.3. The molecule has 0 unspecified atom stereocenters. The van der Waals surface area contributed by atoms with Crippen LogP contribution >= 0.6 is 12.2 Å². The van der Waals surface area contributed by atoms with Crippen molar-refractivity contribution in [1.82, 2.24) is 5.32 Å². The van der Waals surface area contributed by atoms with Gasteiger partial charge in [0.2, 0.25) is 0 Å². The standard InChI is InChI=1S/C21H17N3O5S/c25-20(14-28-17-12-8-16(9-13-17)24(26)27)23-21(30)22-15-6-10-19(11-7-15)29-18-4-2-1-3-5-18/h1-13H,14H2,(H2,22,23,25,30). The molecule has 0 spiro atoms. The molecule has 30 heavy (non-hydrogen) atoms. The number of benzene rings is 3. The maximum atomic E-state index is 12.0. The van der Waals surface area contributed by atoms with Gasteiger partial charge in [0.05, 0.1) is 4.92 Å². The number of hydrogen-bond donors (Lipinski definition) is 2. The van der Waals surface area contributed by atoms with E-state index in [9.17, 15) is 14.9 Å². The first-order chi connectivity index (χ1) is 14.5. The highest BCUT2D eigenvalue weighted by Crippen LogP contribution is 2.22. The quantitative estimate of drug-likeness (QED) is 0.332. The Hall–Kier alpha value is -3.98. The van der Waals surface area contributed by atoms with Gasteiger partial charge in [-0.1, -0.05) is 18.2 Å². The Balaban J connectivity index is 1.44. The molecular weight excluding hydrogens is 406 g/mol. The number of thiocarbonyl (C=S) groups is 1. The second-order valence-electron chi connectivity index (χ2n) is 5.98. The lowest BCUT2D eigenvalue weighted by molar-refractivity contribution is -0.384. The molecule has 3 aromatic rings. The predicted molar refractivity (Wildman–Crippen MR) is 116 cm³/mol. The number of hydrogen-bond acceptors (Lipinski definition) is 6. The normalized spacial score (nSPS) is 10.0. The van der Waals surface area contributed by atoms with Gasteiger partial charge in [0.25, 0.3) is 11.6 Å². The van der Waals surface area contributed by atoms with E-state index in [1.165, 1.54) is 24.3 Å². The molecule has 0 atom stereocenters. The van der Waals surface area contributed by atoms with E-state index < -0.39 is 10.8 Å². The third kappa shape index (κ3) is 6.28. The molecule has 9 heteroatoms. The zero-order valence-electron chi connectivity index (χ0n) is 15.6. The molecule has 2 N–H and O–H groups in total. The fourth-order valence-electron chi connectivity index (χ4n) is 2.37. The third-order valence-electron chi connectivity index (χ3n) is 3.76. The van der Waals surface area contributed by atoms with Crippen molar-refractivity contribution in [3.63, 3.8) is 0 Å². The summed E-state index contributed by atoms with van der Waals surface area (Å²) in [6, 6.07) is 21.9. The largest absolute Gasteiger partial charge is 0.484 e. The van der Waals surface area contributed by atoms with Crippen LogP contribution in [0.1, 0.15) is 0 Å². The number of nitro groups is 1. The van der Waals surface area contributed by atoms with Crippen molar-refractivity contribution >= 4 is 34.6 Å². The van der Waals surface area contributed by atoms with Crippen molar-refractivity contribution in [1.29, 1.82) is 0 Å². The molecule has 152 valence electrons. The number of carbonyl (C=O) groups excluding carboxylic acids is 1. The van der Waals surface area contributed by atoms with Crippen molar-refractivity contribution in [3.05, 3.63) is 89.0 Å². The van der Waals surface area contributed by atoms with E-state index in [2.05, 4.69) is 10.6 Å². The Kier molecular flexibility index (Phi) is 6.91. The second kappa shape index (κ2) is 9.99. The molecule has 0 aliphatic rings. The molecule has 1 amide bonds. The average Bonchev–Trinajstić information content (AvgIpc) is 2.74. The van der Waals surface area contributed by atoms with Crippen molar-refractivity contribution in [3.8, 4) is 17.2 Å². The summed E-state index contributed by atoms with van der Waals surface area (Å²) >= 11 is 5.12. The molecule has 0 heterocycles. The molecular formula is C21H17N3O5S. The maximum Gasteiger partial charge on any atom is 0.269 e. The summed E-state index contributed by atoms with van der Waals surface area (Å²) in [4.78, 5) is 22.1. The van der Waals surface area contributed by atoms with Crippen LogP contribution in [0.25, 0.3) is 0 Å². The molecule has 0 aromatic heterocycles. The Morgan fingerprint density at radius 2 is 1.50 bits per heavy atom. The summed E-state index contributed by atoms with van der Waals surface area (Å²) in [6.45, 7) is -0.288. The minimum absolute atomic E-state index is 0.0580. The van der Waals surface area contributed by atoms with Gasteiger partial charge >= 0.3 is 0 Å². The summed E-state index contributed by atoms with van der Waals surface area (Å²) in [5, 5.41) is 16.1. The number of rotatable bonds is 7.